The number of hydrogen-bond donors (Lipinski definition) is 1. The molecular formula is C19H20FN3O2S. The number of nitrogens with one attached hydrogen (secondary N) is 1. The highest BCUT2D eigenvalue weighted by Gasteiger charge is 2.49. The number of aromatic nitrogens is 1. The first-order valence-electron chi connectivity index (χ1n) is 8.85. The quantitative estimate of drug-likeness (QED) is 0.897. The summed E-state index contributed by atoms with van der Waals surface area (Å²) in [4.78, 5) is 31.1. The Morgan fingerprint density at radius 1 is 1.38 bits per heavy atom. The molecule has 2 aliphatic rings. The predicted octanol–water partition coefficient (Wildman–Crippen LogP) is 3.38. The number of rotatable bonds is 3. The summed E-state index contributed by atoms with van der Waals surface area (Å²) >= 11 is 1.31. The van der Waals surface area contributed by atoms with E-state index >= 15 is 0 Å². The van der Waals surface area contributed by atoms with Crippen LogP contribution >= 0.6 is 11.3 Å². The monoisotopic (exact) mass is 373 g/mol. The second kappa shape index (κ2) is 6.79. The lowest BCUT2D eigenvalue weighted by molar-refractivity contribution is -0.127. The minimum absolute atomic E-state index is 0.0310. The molecule has 2 amide bonds. The smallest absolute Gasteiger partial charge is 0.280 e. The molecule has 2 aromatic rings. The maximum Gasteiger partial charge on any atom is 0.280 e. The number of anilines is 1. The van der Waals surface area contributed by atoms with Crippen molar-refractivity contribution in [1.29, 1.82) is 0 Å². The van der Waals surface area contributed by atoms with Crippen molar-refractivity contribution < 1.29 is 14.0 Å². The molecule has 4 rings (SSSR count). The van der Waals surface area contributed by atoms with Gasteiger partial charge in [0.15, 0.2) is 5.01 Å². The molecule has 2 fully saturated rings. The zero-order chi connectivity index (χ0) is 18.1. The van der Waals surface area contributed by atoms with Gasteiger partial charge in [-0.05, 0) is 43.9 Å². The Labute approximate surface area is 155 Å². The molecule has 136 valence electrons. The highest BCUT2D eigenvalue weighted by Crippen LogP contribution is 2.46. The van der Waals surface area contributed by atoms with E-state index in [1.807, 2.05) is 0 Å². The summed E-state index contributed by atoms with van der Waals surface area (Å²) in [5.74, 6) is -0.459. The lowest BCUT2D eigenvalue weighted by atomic mass is 9.71. The second-order valence-corrected chi connectivity index (χ2v) is 7.97. The third-order valence-corrected chi connectivity index (χ3v) is 6.21. The number of halogens is 1. The van der Waals surface area contributed by atoms with Crippen molar-refractivity contribution in [3.63, 3.8) is 0 Å². The SMILES string of the molecule is O=C(N[C@H]1CCC[C@]2(CCN(c3cccc(F)c3)C2=O)C1)c1nccs1. The third-order valence-electron chi connectivity index (χ3n) is 5.44. The lowest BCUT2D eigenvalue weighted by Crippen LogP contribution is -2.45. The highest BCUT2D eigenvalue weighted by atomic mass is 32.1. The molecular weight excluding hydrogens is 353 g/mol. The summed E-state index contributed by atoms with van der Waals surface area (Å²) in [5, 5.41) is 5.26. The van der Waals surface area contributed by atoms with Crippen molar-refractivity contribution in [2.75, 3.05) is 11.4 Å². The van der Waals surface area contributed by atoms with E-state index in [0.29, 0.717) is 23.7 Å². The van der Waals surface area contributed by atoms with Crippen LogP contribution in [0.4, 0.5) is 10.1 Å². The topological polar surface area (TPSA) is 62.3 Å². The number of benzene rings is 1. The minimum atomic E-state index is -0.453. The molecule has 1 saturated carbocycles. The number of carbonyl (C=O) groups excluding carboxylic acids is 2. The van der Waals surface area contributed by atoms with Crippen LogP contribution in [-0.4, -0.2) is 29.4 Å². The van der Waals surface area contributed by atoms with Gasteiger partial charge in [0.2, 0.25) is 5.91 Å². The predicted molar refractivity (Wildman–Crippen MR) is 97.6 cm³/mol. The van der Waals surface area contributed by atoms with Crippen molar-refractivity contribution in [3.05, 3.63) is 46.7 Å². The van der Waals surface area contributed by atoms with E-state index in [1.54, 1.807) is 28.6 Å². The zero-order valence-corrected chi connectivity index (χ0v) is 15.1. The molecule has 26 heavy (non-hydrogen) atoms. The average molecular weight is 373 g/mol. The average Bonchev–Trinajstić information content (AvgIpc) is 3.26. The fraction of sp³-hybridized carbons (Fsp3) is 0.421. The molecule has 1 saturated heterocycles. The fourth-order valence-corrected chi connectivity index (χ4v) is 4.74. The van der Waals surface area contributed by atoms with E-state index in [4.69, 9.17) is 0 Å². The molecule has 0 radical (unpaired) electrons. The normalized spacial score (nSPS) is 25.7. The molecule has 5 nitrogen and oxygen atoms in total. The Hall–Kier alpha value is -2.28. The summed E-state index contributed by atoms with van der Waals surface area (Å²) < 4.78 is 13.5. The van der Waals surface area contributed by atoms with Crippen molar-refractivity contribution in [2.24, 2.45) is 5.41 Å². The molecule has 0 unspecified atom stereocenters. The first-order valence-corrected chi connectivity index (χ1v) is 9.73. The summed E-state index contributed by atoms with van der Waals surface area (Å²) in [5.41, 5.74) is 0.159. The molecule has 1 aliphatic heterocycles. The molecule has 2 atom stereocenters. The molecule has 2 heterocycles. The fourth-order valence-electron chi connectivity index (χ4n) is 4.20. The van der Waals surface area contributed by atoms with Gasteiger partial charge >= 0.3 is 0 Å². The first-order chi connectivity index (χ1) is 12.6. The van der Waals surface area contributed by atoms with E-state index < -0.39 is 5.41 Å². The van der Waals surface area contributed by atoms with E-state index in [0.717, 1.165) is 25.7 Å². The molecule has 1 aromatic heterocycles. The van der Waals surface area contributed by atoms with Gasteiger partial charge in [0, 0.05) is 29.9 Å². The Morgan fingerprint density at radius 3 is 3.04 bits per heavy atom. The van der Waals surface area contributed by atoms with E-state index in [9.17, 15) is 14.0 Å². The largest absolute Gasteiger partial charge is 0.347 e. The second-order valence-electron chi connectivity index (χ2n) is 7.07. The van der Waals surface area contributed by atoms with Crippen LogP contribution < -0.4 is 10.2 Å². The Balaban J connectivity index is 1.48. The number of carbonyl (C=O) groups is 2. The van der Waals surface area contributed by atoms with Gasteiger partial charge in [-0.1, -0.05) is 12.5 Å². The van der Waals surface area contributed by atoms with E-state index in [2.05, 4.69) is 10.3 Å². The lowest BCUT2D eigenvalue weighted by Gasteiger charge is -2.36. The molecule has 7 heteroatoms. The third kappa shape index (κ3) is 3.11. The minimum Gasteiger partial charge on any atom is -0.347 e. The Morgan fingerprint density at radius 2 is 2.27 bits per heavy atom. The molecule has 1 aliphatic carbocycles. The Kier molecular flexibility index (Phi) is 4.48. The van der Waals surface area contributed by atoms with Gasteiger partial charge in [-0.2, -0.15) is 0 Å². The number of amides is 2. The van der Waals surface area contributed by atoms with Gasteiger partial charge < -0.3 is 10.2 Å². The zero-order valence-electron chi connectivity index (χ0n) is 14.3. The van der Waals surface area contributed by atoms with Crippen LogP contribution in [0.25, 0.3) is 0 Å². The summed E-state index contributed by atoms with van der Waals surface area (Å²) in [6.07, 6.45) is 5.57. The van der Waals surface area contributed by atoms with E-state index in [-0.39, 0.29) is 23.7 Å². The van der Waals surface area contributed by atoms with Crippen LogP contribution in [0.2, 0.25) is 0 Å². The van der Waals surface area contributed by atoms with Gasteiger partial charge in [-0.25, -0.2) is 9.37 Å². The molecule has 0 bridgehead atoms. The summed E-state index contributed by atoms with van der Waals surface area (Å²) in [6, 6.07) is 6.15. The maximum absolute atomic E-state index is 13.5. The number of nitrogens with zero attached hydrogens (tertiary/aromatic N) is 2. The van der Waals surface area contributed by atoms with Crippen LogP contribution in [-0.2, 0) is 4.79 Å². The van der Waals surface area contributed by atoms with Crippen LogP contribution in [0.15, 0.2) is 35.8 Å². The summed E-state index contributed by atoms with van der Waals surface area (Å²) in [6.45, 7) is 0.593. The molecule has 1 spiro atoms. The van der Waals surface area contributed by atoms with Crippen LogP contribution in [0, 0.1) is 11.2 Å². The number of thiazole rings is 1. The van der Waals surface area contributed by atoms with Crippen LogP contribution in [0.5, 0.6) is 0 Å². The highest BCUT2D eigenvalue weighted by molar-refractivity contribution is 7.11. The van der Waals surface area contributed by atoms with Crippen LogP contribution in [0.1, 0.15) is 41.9 Å². The van der Waals surface area contributed by atoms with Crippen molar-refractivity contribution >= 4 is 28.8 Å². The first kappa shape index (κ1) is 17.1. The standard InChI is InChI=1S/C19H20FN3O2S/c20-13-3-1-5-15(11-13)23-9-7-19(18(23)25)6-2-4-14(12-19)22-16(24)17-21-8-10-26-17/h1,3,5,8,10-11,14H,2,4,6-7,9,12H2,(H,22,24)/t14-,19-/m0/s1. The van der Waals surface area contributed by atoms with Gasteiger partial charge in [-0.15, -0.1) is 11.3 Å². The van der Waals surface area contributed by atoms with E-state index in [1.165, 1.54) is 23.5 Å². The van der Waals surface area contributed by atoms with Gasteiger partial charge in [0.05, 0.1) is 5.41 Å². The molecule has 1 N–H and O–H groups in total. The Bertz CT molecular complexity index is 826. The molecule has 1 aromatic carbocycles. The number of hydrogen-bond acceptors (Lipinski definition) is 4. The van der Waals surface area contributed by atoms with Gasteiger partial charge in [0.25, 0.3) is 5.91 Å². The summed E-state index contributed by atoms with van der Waals surface area (Å²) in [7, 11) is 0. The van der Waals surface area contributed by atoms with Crippen molar-refractivity contribution in [2.45, 2.75) is 38.1 Å². The van der Waals surface area contributed by atoms with Crippen molar-refractivity contribution in [1.82, 2.24) is 10.3 Å². The van der Waals surface area contributed by atoms with Gasteiger partial charge in [0.1, 0.15) is 5.82 Å². The van der Waals surface area contributed by atoms with Crippen molar-refractivity contribution in [3.8, 4) is 0 Å². The van der Waals surface area contributed by atoms with Crippen LogP contribution in [0.3, 0.4) is 0 Å². The maximum atomic E-state index is 13.5. The van der Waals surface area contributed by atoms with Gasteiger partial charge in [-0.3, -0.25) is 9.59 Å².